The molecule has 0 bridgehead atoms. The predicted octanol–water partition coefficient (Wildman–Crippen LogP) is 0.864. The van der Waals surface area contributed by atoms with Gasteiger partial charge in [-0.3, -0.25) is 4.79 Å². The molecule has 0 aromatic rings. The Morgan fingerprint density at radius 3 is 2.46 bits per heavy atom. The maximum Gasteiger partial charge on any atom is 0.304 e. The number of carboxylic acids is 1. The van der Waals surface area contributed by atoms with Gasteiger partial charge in [-0.15, -0.1) is 0 Å². The Morgan fingerprint density at radius 2 is 2.15 bits per heavy atom. The van der Waals surface area contributed by atoms with E-state index in [1.807, 2.05) is 13.8 Å². The summed E-state index contributed by atoms with van der Waals surface area (Å²) >= 11 is 0. The summed E-state index contributed by atoms with van der Waals surface area (Å²) in [6.07, 6.45) is 0.815. The third kappa shape index (κ3) is 5.60. The van der Waals surface area contributed by atoms with Gasteiger partial charge in [-0.05, 0) is 27.3 Å². The Morgan fingerprint density at radius 1 is 1.62 bits per heavy atom. The first kappa shape index (κ1) is 12.4. The first-order valence-electron chi connectivity index (χ1n) is 4.35. The fourth-order valence-corrected chi connectivity index (χ4v) is 1.16. The SMILES string of the molecule is CNC(CC(=O)O)CC(C)(C)OC. The van der Waals surface area contributed by atoms with E-state index in [0.29, 0.717) is 6.42 Å². The molecule has 1 atom stereocenters. The van der Waals surface area contributed by atoms with Crippen molar-refractivity contribution >= 4 is 5.97 Å². The van der Waals surface area contributed by atoms with Gasteiger partial charge in [0.2, 0.25) is 0 Å². The normalized spacial score (nSPS) is 14.2. The number of carboxylic acid groups (broad SMARTS) is 1. The molecule has 2 N–H and O–H groups in total. The van der Waals surface area contributed by atoms with E-state index in [9.17, 15) is 4.79 Å². The van der Waals surface area contributed by atoms with Gasteiger partial charge >= 0.3 is 5.97 Å². The molecule has 4 heteroatoms. The smallest absolute Gasteiger partial charge is 0.304 e. The molecule has 0 aromatic heterocycles. The second kappa shape index (κ2) is 5.19. The molecule has 0 aliphatic heterocycles. The van der Waals surface area contributed by atoms with Gasteiger partial charge in [-0.1, -0.05) is 0 Å². The van der Waals surface area contributed by atoms with E-state index in [1.54, 1.807) is 14.2 Å². The van der Waals surface area contributed by atoms with Crippen LogP contribution in [0.2, 0.25) is 0 Å². The van der Waals surface area contributed by atoms with Crippen molar-refractivity contribution in [2.75, 3.05) is 14.2 Å². The fourth-order valence-electron chi connectivity index (χ4n) is 1.16. The molecule has 0 spiro atoms. The van der Waals surface area contributed by atoms with Gasteiger partial charge in [-0.2, -0.15) is 0 Å². The molecular weight excluding hydrogens is 170 g/mol. The van der Waals surface area contributed by atoms with Gasteiger partial charge in [-0.25, -0.2) is 0 Å². The third-order valence-electron chi connectivity index (χ3n) is 2.12. The Hall–Kier alpha value is -0.610. The van der Waals surface area contributed by atoms with Crippen LogP contribution < -0.4 is 5.32 Å². The highest BCUT2D eigenvalue weighted by Crippen LogP contribution is 2.16. The lowest BCUT2D eigenvalue weighted by Gasteiger charge is -2.27. The average molecular weight is 189 g/mol. The first-order valence-corrected chi connectivity index (χ1v) is 4.35. The number of rotatable bonds is 6. The summed E-state index contributed by atoms with van der Waals surface area (Å²) in [5.41, 5.74) is -0.275. The molecule has 4 nitrogen and oxygen atoms in total. The molecule has 0 amide bonds. The molecule has 0 saturated heterocycles. The number of nitrogens with one attached hydrogen (secondary N) is 1. The number of ether oxygens (including phenoxy) is 1. The minimum absolute atomic E-state index is 0.0348. The number of methoxy groups -OCH3 is 1. The van der Waals surface area contributed by atoms with Gasteiger partial charge < -0.3 is 15.2 Å². The van der Waals surface area contributed by atoms with Crippen LogP contribution in [0.5, 0.6) is 0 Å². The van der Waals surface area contributed by atoms with Gasteiger partial charge in [0.15, 0.2) is 0 Å². The lowest BCUT2D eigenvalue weighted by atomic mass is 9.97. The molecule has 0 aromatic carbocycles. The van der Waals surface area contributed by atoms with E-state index in [2.05, 4.69) is 5.32 Å². The quantitative estimate of drug-likeness (QED) is 0.650. The molecule has 0 radical (unpaired) electrons. The highest BCUT2D eigenvalue weighted by Gasteiger charge is 2.23. The predicted molar refractivity (Wildman–Crippen MR) is 50.8 cm³/mol. The van der Waals surface area contributed by atoms with Gasteiger partial charge in [0, 0.05) is 13.2 Å². The summed E-state index contributed by atoms with van der Waals surface area (Å²) in [6.45, 7) is 3.89. The number of carbonyl (C=O) groups is 1. The van der Waals surface area contributed by atoms with Gasteiger partial charge in [0.25, 0.3) is 0 Å². The standard InChI is InChI=1S/C9H19NO3/c1-9(2,13-4)6-7(10-3)5-8(11)12/h7,10H,5-6H2,1-4H3,(H,11,12). The molecule has 0 rings (SSSR count). The van der Waals surface area contributed by atoms with Crippen LogP contribution in [0.4, 0.5) is 0 Å². The van der Waals surface area contributed by atoms with Gasteiger partial charge in [0.1, 0.15) is 0 Å². The van der Waals surface area contributed by atoms with E-state index >= 15 is 0 Å². The Bertz CT molecular complexity index is 168. The summed E-state index contributed by atoms with van der Waals surface area (Å²) in [5, 5.41) is 11.6. The molecule has 13 heavy (non-hydrogen) atoms. The summed E-state index contributed by atoms with van der Waals surface area (Å²) < 4.78 is 5.22. The van der Waals surface area contributed by atoms with Gasteiger partial charge in [0.05, 0.1) is 12.0 Å². The number of hydrogen-bond donors (Lipinski definition) is 2. The van der Waals surface area contributed by atoms with Crippen molar-refractivity contribution in [3.05, 3.63) is 0 Å². The minimum Gasteiger partial charge on any atom is -0.481 e. The van der Waals surface area contributed by atoms with Crippen molar-refractivity contribution in [2.24, 2.45) is 0 Å². The summed E-state index contributed by atoms with van der Waals surface area (Å²) in [5.74, 6) is -0.786. The van der Waals surface area contributed by atoms with Crippen molar-refractivity contribution in [2.45, 2.75) is 38.3 Å². The lowest BCUT2D eigenvalue weighted by Crippen LogP contribution is -2.37. The molecule has 0 fully saturated rings. The molecule has 0 aliphatic carbocycles. The first-order chi connectivity index (χ1) is 5.91. The molecule has 0 saturated carbocycles. The van der Waals surface area contributed by atoms with Crippen molar-refractivity contribution < 1.29 is 14.6 Å². The van der Waals surface area contributed by atoms with Crippen LogP contribution in [0.25, 0.3) is 0 Å². The van der Waals surface area contributed by atoms with E-state index in [4.69, 9.17) is 9.84 Å². The second-order valence-electron chi connectivity index (χ2n) is 3.75. The van der Waals surface area contributed by atoms with Crippen LogP contribution in [-0.4, -0.2) is 36.9 Å². The Labute approximate surface area is 79.3 Å². The zero-order chi connectivity index (χ0) is 10.5. The number of aliphatic carboxylic acids is 1. The third-order valence-corrected chi connectivity index (χ3v) is 2.12. The van der Waals surface area contributed by atoms with E-state index in [0.717, 1.165) is 0 Å². The maximum absolute atomic E-state index is 10.5. The van der Waals surface area contributed by atoms with Crippen LogP contribution in [0, 0.1) is 0 Å². The van der Waals surface area contributed by atoms with Crippen LogP contribution in [0.1, 0.15) is 26.7 Å². The van der Waals surface area contributed by atoms with Crippen molar-refractivity contribution in [3.8, 4) is 0 Å². The monoisotopic (exact) mass is 189 g/mol. The van der Waals surface area contributed by atoms with E-state index in [-0.39, 0.29) is 18.1 Å². The fraction of sp³-hybridized carbons (Fsp3) is 0.889. The molecule has 78 valence electrons. The highest BCUT2D eigenvalue weighted by atomic mass is 16.5. The topological polar surface area (TPSA) is 58.6 Å². The molecular formula is C9H19NO3. The largest absolute Gasteiger partial charge is 0.481 e. The molecule has 0 aliphatic rings. The van der Waals surface area contributed by atoms with Crippen molar-refractivity contribution in [3.63, 3.8) is 0 Å². The van der Waals surface area contributed by atoms with Crippen LogP contribution in [0.3, 0.4) is 0 Å². The van der Waals surface area contributed by atoms with Crippen LogP contribution in [-0.2, 0) is 9.53 Å². The minimum atomic E-state index is -0.786. The van der Waals surface area contributed by atoms with Crippen molar-refractivity contribution in [1.82, 2.24) is 5.32 Å². The average Bonchev–Trinajstić information content (AvgIpc) is 2.02. The number of hydrogen-bond acceptors (Lipinski definition) is 3. The van der Waals surface area contributed by atoms with Crippen LogP contribution >= 0.6 is 0 Å². The highest BCUT2D eigenvalue weighted by molar-refractivity contribution is 5.67. The molecule has 1 unspecified atom stereocenters. The zero-order valence-electron chi connectivity index (χ0n) is 8.76. The van der Waals surface area contributed by atoms with E-state index in [1.165, 1.54) is 0 Å². The summed E-state index contributed by atoms with van der Waals surface area (Å²) in [4.78, 5) is 10.5. The zero-order valence-corrected chi connectivity index (χ0v) is 8.76. The van der Waals surface area contributed by atoms with E-state index < -0.39 is 5.97 Å². The summed E-state index contributed by atoms with van der Waals surface area (Å²) in [7, 11) is 3.40. The Kier molecular flexibility index (Phi) is 4.95. The lowest BCUT2D eigenvalue weighted by molar-refractivity contribution is -0.137. The Balaban J connectivity index is 4.04. The van der Waals surface area contributed by atoms with Crippen molar-refractivity contribution in [1.29, 1.82) is 0 Å². The molecule has 0 heterocycles. The summed E-state index contributed by atoms with van der Waals surface area (Å²) in [6, 6.07) is -0.0348. The van der Waals surface area contributed by atoms with Crippen LogP contribution in [0.15, 0.2) is 0 Å². The maximum atomic E-state index is 10.5. The second-order valence-corrected chi connectivity index (χ2v) is 3.75.